The molecule has 1 heterocycles. The van der Waals surface area contributed by atoms with Gasteiger partial charge in [-0.05, 0) is 24.3 Å². The molecule has 0 spiro atoms. The predicted octanol–water partition coefficient (Wildman–Crippen LogP) is 0.363. The molecular weight excluding hydrogens is 244 g/mol. The molecule has 0 saturated heterocycles. The Bertz CT molecular complexity index is 674. The zero-order valence-corrected chi connectivity index (χ0v) is 9.44. The molecule has 0 aliphatic carbocycles. The molecule has 7 nitrogen and oxygen atoms in total. The van der Waals surface area contributed by atoms with E-state index in [1.165, 1.54) is 0 Å². The van der Waals surface area contributed by atoms with Gasteiger partial charge in [0, 0.05) is 11.1 Å². The summed E-state index contributed by atoms with van der Waals surface area (Å²) in [5.74, 6) is -0.296. The molecule has 0 aliphatic rings. The van der Waals surface area contributed by atoms with Crippen LogP contribution in [0, 0.1) is 0 Å². The first-order valence-corrected chi connectivity index (χ1v) is 6.07. The minimum Gasteiger partial charge on any atom is -0.464 e. The number of nitrogens with zero attached hydrogens (tertiary/aromatic N) is 1. The Balaban J connectivity index is 2.26. The number of anilines is 1. The van der Waals surface area contributed by atoms with Crippen molar-refractivity contribution in [2.45, 2.75) is 0 Å². The van der Waals surface area contributed by atoms with Crippen molar-refractivity contribution in [2.24, 2.45) is 15.3 Å². The molecule has 90 valence electrons. The second kappa shape index (κ2) is 4.07. The van der Waals surface area contributed by atoms with Crippen LogP contribution in [0.25, 0.3) is 11.0 Å². The van der Waals surface area contributed by atoms with E-state index in [1.807, 2.05) is 0 Å². The fourth-order valence-electron chi connectivity index (χ4n) is 1.35. The third-order valence-corrected chi connectivity index (χ3v) is 2.40. The lowest BCUT2D eigenvalue weighted by atomic mass is 10.2. The number of nitrogens with two attached hydrogens (primary N) is 2. The van der Waals surface area contributed by atoms with E-state index in [1.54, 1.807) is 30.5 Å². The van der Waals surface area contributed by atoms with Crippen LogP contribution in [0.1, 0.15) is 0 Å². The van der Waals surface area contributed by atoms with Crippen molar-refractivity contribution in [1.82, 2.24) is 0 Å². The molecule has 0 unspecified atom stereocenters. The van der Waals surface area contributed by atoms with Crippen LogP contribution in [-0.4, -0.2) is 14.4 Å². The Morgan fingerprint density at radius 2 is 2.12 bits per heavy atom. The van der Waals surface area contributed by atoms with Gasteiger partial charge in [0.25, 0.3) is 0 Å². The van der Waals surface area contributed by atoms with Crippen molar-refractivity contribution in [3.05, 3.63) is 30.5 Å². The fraction of sp³-hybridized carbons (Fsp3) is 0. The topological polar surface area (TPSA) is 124 Å². The van der Waals surface area contributed by atoms with Gasteiger partial charge in [0.05, 0.1) is 6.26 Å². The van der Waals surface area contributed by atoms with Crippen molar-refractivity contribution in [1.29, 1.82) is 0 Å². The number of rotatable bonds is 2. The van der Waals surface area contributed by atoms with Gasteiger partial charge < -0.3 is 15.5 Å². The smallest absolute Gasteiger partial charge is 0.320 e. The third-order valence-electron chi connectivity index (χ3n) is 1.95. The number of furan rings is 1. The molecule has 8 heteroatoms. The zero-order valence-electron chi connectivity index (χ0n) is 8.62. The molecule has 0 bridgehead atoms. The van der Waals surface area contributed by atoms with Gasteiger partial charge in [0.1, 0.15) is 5.58 Å². The summed E-state index contributed by atoms with van der Waals surface area (Å²) in [5, 5.41) is 8.18. The van der Waals surface area contributed by atoms with E-state index in [0.29, 0.717) is 5.69 Å². The van der Waals surface area contributed by atoms with Crippen LogP contribution in [0.15, 0.2) is 39.3 Å². The van der Waals surface area contributed by atoms with Crippen LogP contribution >= 0.6 is 0 Å². The maximum Gasteiger partial charge on any atom is 0.320 e. The lowest BCUT2D eigenvalue weighted by Crippen LogP contribution is -2.25. The summed E-state index contributed by atoms with van der Waals surface area (Å²) in [4.78, 5) is 0. The van der Waals surface area contributed by atoms with Crippen molar-refractivity contribution in [2.75, 3.05) is 5.32 Å². The number of nitrogens with one attached hydrogen (secondary N) is 1. The highest BCUT2D eigenvalue weighted by Gasteiger charge is 2.03. The van der Waals surface area contributed by atoms with Gasteiger partial charge >= 0.3 is 10.2 Å². The second-order valence-electron chi connectivity index (χ2n) is 3.29. The molecule has 2 rings (SSSR count). The van der Waals surface area contributed by atoms with Crippen LogP contribution in [0.3, 0.4) is 0 Å². The molecule has 0 saturated carbocycles. The Morgan fingerprint density at radius 3 is 2.82 bits per heavy atom. The number of benzene rings is 1. The second-order valence-corrected chi connectivity index (χ2v) is 4.50. The van der Waals surface area contributed by atoms with E-state index in [0.717, 1.165) is 11.0 Å². The van der Waals surface area contributed by atoms with Gasteiger partial charge in [-0.1, -0.05) is 0 Å². The lowest BCUT2D eigenvalue weighted by molar-refractivity contribution is 0.599. The van der Waals surface area contributed by atoms with Crippen LogP contribution in [0.4, 0.5) is 5.69 Å². The molecule has 2 aromatic rings. The molecule has 5 N–H and O–H groups in total. The van der Waals surface area contributed by atoms with Crippen LogP contribution in [0.2, 0.25) is 0 Å². The van der Waals surface area contributed by atoms with E-state index in [2.05, 4.69) is 9.71 Å². The van der Waals surface area contributed by atoms with Gasteiger partial charge in [-0.3, -0.25) is 0 Å². The third kappa shape index (κ3) is 2.95. The average Bonchev–Trinajstić information content (AvgIpc) is 2.61. The largest absolute Gasteiger partial charge is 0.464 e. The summed E-state index contributed by atoms with van der Waals surface area (Å²) in [7, 11) is -3.99. The van der Waals surface area contributed by atoms with Gasteiger partial charge in [-0.15, -0.1) is 4.40 Å². The van der Waals surface area contributed by atoms with Crippen molar-refractivity contribution < 1.29 is 12.8 Å². The fourth-order valence-corrected chi connectivity index (χ4v) is 1.67. The quantitative estimate of drug-likeness (QED) is 0.527. The van der Waals surface area contributed by atoms with E-state index < -0.39 is 10.2 Å². The summed E-state index contributed by atoms with van der Waals surface area (Å²) >= 11 is 0. The Hall–Kier alpha value is -2.06. The molecule has 0 amide bonds. The van der Waals surface area contributed by atoms with E-state index in [-0.39, 0.29) is 5.96 Å². The minimum atomic E-state index is -3.99. The first kappa shape index (κ1) is 11.4. The lowest BCUT2D eigenvalue weighted by Gasteiger charge is -2.04. The number of hydrogen-bond donors (Lipinski definition) is 3. The Kier molecular flexibility index (Phi) is 2.74. The van der Waals surface area contributed by atoms with E-state index in [9.17, 15) is 8.42 Å². The molecule has 0 radical (unpaired) electrons. The zero-order chi connectivity index (χ0) is 12.5. The first-order chi connectivity index (χ1) is 7.94. The molecule has 0 atom stereocenters. The Morgan fingerprint density at radius 1 is 1.35 bits per heavy atom. The van der Waals surface area contributed by atoms with Crippen molar-refractivity contribution in [3.63, 3.8) is 0 Å². The summed E-state index contributed by atoms with van der Waals surface area (Å²) < 4.78 is 29.6. The first-order valence-electron chi connectivity index (χ1n) is 4.56. The van der Waals surface area contributed by atoms with Crippen molar-refractivity contribution >= 4 is 32.8 Å². The van der Waals surface area contributed by atoms with Gasteiger partial charge in [-0.25, -0.2) is 5.14 Å². The number of fused-ring (bicyclic) bond motifs is 1. The average molecular weight is 254 g/mol. The van der Waals surface area contributed by atoms with Gasteiger partial charge in [0.15, 0.2) is 0 Å². The van der Waals surface area contributed by atoms with Crippen molar-refractivity contribution in [3.8, 4) is 0 Å². The summed E-state index contributed by atoms with van der Waals surface area (Å²) in [6.45, 7) is 0. The standard InChI is InChI=1S/C9H10N4O3S/c10-9(13-17(11,14)15)12-7-1-2-8-6(5-7)3-4-16-8/h1-5H,(H3,10,12,13)(H2,11,14,15). The normalized spacial score (nSPS) is 12.9. The minimum absolute atomic E-state index is 0.296. The molecular formula is C9H10N4O3S. The molecule has 0 aliphatic heterocycles. The van der Waals surface area contributed by atoms with Crippen LogP contribution < -0.4 is 16.2 Å². The predicted molar refractivity (Wildman–Crippen MR) is 64.6 cm³/mol. The Labute approximate surface area is 97.3 Å². The molecule has 0 fully saturated rings. The summed E-state index contributed by atoms with van der Waals surface area (Å²) in [6, 6.07) is 6.91. The van der Waals surface area contributed by atoms with E-state index in [4.69, 9.17) is 15.3 Å². The summed E-state index contributed by atoms with van der Waals surface area (Å²) in [5.41, 5.74) is 6.67. The van der Waals surface area contributed by atoms with Gasteiger partial charge in [0.2, 0.25) is 5.96 Å². The van der Waals surface area contributed by atoms with Crippen LogP contribution in [-0.2, 0) is 10.2 Å². The highest BCUT2D eigenvalue weighted by atomic mass is 32.2. The van der Waals surface area contributed by atoms with Gasteiger partial charge in [-0.2, -0.15) is 8.42 Å². The highest BCUT2D eigenvalue weighted by Crippen LogP contribution is 2.19. The maximum absolute atomic E-state index is 10.7. The van der Waals surface area contributed by atoms with E-state index >= 15 is 0 Å². The summed E-state index contributed by atoms with van der Waals surface area (Å²) in [6.07, 6.45) is 1.55. The molecule has 1 aromatic heterocycles. The highest BCUT2D eigenvalue weighted by molar-refractivity contribution is 7.88. The maximum atomic E-state index is 10.7. The monoisotopic (exact) mass is 254 g/mol. The molecule has 1 aromatic carbocycles. The SMILES string of the molecule is NC(=NS(N)(=O)=O)Nc1ccc2occc2c1. The molecule has 17 heavy (non-hydrogen) atoms. The number of hydrogen-bond acceptors (Lipinski definition) is 3. The van der Waals surface area contributed by atoms with Crippen LogP contribution in [0.5, 0.6) is 0 Å². The number of guanidine groups is 1.